The predicted molar refractivity (Wildman–Crippen MR) is 88.8 cm³/mol. The highest BCUT2D eigenvalue weighted by Crippen LogP contribution is 2.23. The number of nitriles is 1. The van der Waals surface area contributed by atoms with Crippen molar-refractivity contribution in [3.63, 3.8) is 0 Å². The van der Waals surface area contributed by atoms with Crippen LogP contribution in [0.4, 0.5) is 5.82 Å². The molecule has 0 amide bonds. The highest BCUT2D eigenvalue weighted by molar-refractivity contribution is 7.13. The summed E-state index contributed by atoms with van der Waals surface area (Å²) in [4.78, 5) is 29.3. The number of aromatic nitrogens is 3. The molecule has 3 rings (SSSR count). The molecule has 9 heteroatoms. The zero-order valence-corrected chi connectivity index (χ0v) is 13.8. The minimum atomic E-state index is -0.637. The fourth-order valence-corrected chi connectivity index (χ4v) is 2.88. The van der Waals surface area contributed by atoms with E-state index < -0.39 is 11.2 Å². The van der Waals surface area contributed by atoms with Crippen LogP contribution in [0.25, 0.3) is 10.8 Å². The third-order valence-electron chi connectivity index (χ3n) is 3.50. The number of oxazole rings is 1. The Labute approximate surface area is 140 Å². The first-order valence-corrected chi connectivity index (χ1v) is 7.83. The van der Waals surface area contributed by atoms with Crippen molar-refractivity contribution in [2.75, 3.05) is 5.32 Å². The Balaban J connectivity index is 1.89. The van der Waals surface area contributed by atoms with Gasteiger partial charge in [-0.15, -0.1) is 11.3 Å². The summed E-state index contributed by atoms with van der Waals surface area (Å²) in [5.74, 6) is 0.659. The number of nitrogens with zero attached hydrogens (tertiary/aromatic N) is 4. The number of nitrogens with one attached hydrogen (secondary N) is 1. The largest absolute Gasteiger partial charge is 0.443 e. The Morgan fingerprint density at radius 1 is 1.38 bits per heavy atom. The van der Waals surface area contributed by atoms with Gasteiger partial charge in [-0.3, -0.25) is 13.9 Å². The van der Waals surface area contributed by atoms with Gasteiger partial charge in [0, 0.05) is 14.1 Å². The first-order valence-electron chi connectivity index (χ1n) is 6.95. The summed E-state index contributed by atoms with van der Waals surface area (Å²) in [5, 5.41) is 14.1. The van der Waals surface area contributed by atoms with Gasteiger partial charge < -0.3 is 9.73 Å². The topological polar surface area (TPSA) is 106 Å². The van der Waals surface area contributed by atoms with Crippen molar-refractivity contribution in [3.05, 3.63) is 55.9 Å². The van der Waals surface area contributed by atoms with Crippen molar-refractivity contribution in [2.24, 2.45) is 14.1 Å². The molecule has 0 unspecified atom stereocenters. The van der Waals surface area contributed by atoms with E-state index in [9.17, 15) is 14.9 Å². The van der Waals surface area contributed by atoms with Gasteiger partial charge in [0.15, 0.2) is 5.56 Å². The molecule has 0 radical (unpaired) electrons. The molecule has 3 aromatic heterocycles. The normalized spacial score (nSPS) is 10.5. The summed E-state index contributed by atoms with van der Waals surface area (Å²) in [7, 11) is 2.82. The Morgan fingerprint density at radius 3 is 2.83 bits per heavy atom. The maximum absolute atomic E-state index is 12.0. The second-order valence-electron chi connectivity index (χ2n) is 5.02. The van der Waals surface area contributed by atoms with Gasteiger partial charge in [0.2, 0.25) is 5.89 Å². The first kappa shape index (κ1) is 15.8. The van der Waals surface area contributed by atoms with Gasteiger partial charge in [0.1, 0.15) is 18.2 Å². The van der Waals surface area contributed by atoms with E-state index in [2.05, 4.69) is 10.3 Å². The van der Waals surface area contributed by atoms with E-state index in [1.165, 1.54) is 36.3 Å². The van der Waals surface area contributed by atoms with Crippen LogP contribution in [0.1, 0.15) is 11.3 Å². The lowest BCUT2D eigenvalue weighted by molar-refractivity contribution is 0.574. The van der Waals surface area contributed by atoms with Gasteiger partial charge in [-0.2, -0.15) is 5.26 Å². The van der Waals surface area contributed by atoms with Crippen LogP contribution < -0.4 is 16.6 Å². The molecule has 0 aliphatic rings. The van der Waals surface area contributed by atoms with Gasteiger partial charge in [0.05, 0.1) is 17.1 Å². The van der Waals surface area contributed by atoms with Crippen LogP contribution in [-0.4, -0.2) is 14.1 Å². The van der Waals surface area contributed by atoms with Crippen LogP contribution in [0, 0.1) is 11.3 Å². The second kappa shape index (κ2) is 6.17. The Bertz CT molecular complexity index is 1040. The molecule has 3 heterocycles. The van der Waals surface area contributed by atoms with Crippen LogP contribution in [-0.2, 0) is 20.6 Å². The molecule has 0 aliphatic heterocycles. The maximum atomic E-state index is 12.0. The third-order valence-corrected chi connectivity index (χ3v) is 4.35. The molecule has 122 valence electrons. The van der Waals surface area contributed by atoms with Crippen molar-refractivity contribution in [1.29, 1.82) is 5.26 Å². The Morgan fingerprint density at radius 2 is 2.17 bits per heavy atom. The summed E-state index contributed by atoms with van der Waals surface area (Å²) in [5.41, 5.74) is -0.680. The minimum absolute atomic E-state index is 0.124. The second-order valence-corrected chi connectivity index (χ2v) is 5.96. The molecule has 0 bridgehead atoms. The van der Waals surface area contributed by atoms with Crippen molar-refractivity contribution < 1.29 is 4.42 Å². The highest BCUT2D eigenvalue weighted by atomic mass is 32.1. The van der Waals surface area contributed by atoms with E-state index in [-0.39, 0.29) is 17.9 Å². The summed E-state index contributed by atoms with van der Waals surface area (Å²) >= 11 is 1.51. The summed E-state index contributed by atoms with van der Waals surface area (Å²) in [6.07, 6.45) is 1.49. The Kier molecular flexibility index (Phi) is 4.05. The third kappa shape index (κ3) is 2.63. The van der Waals surface area contributed by atoms with Crippen LogP contribution in [0.15, 0.2) is 37.8 Å². The fraction of sp³-hybridized carbons (Fsp3) is 0.200. The molecule has 0 atom stereocenters. The predicted octanol–water partition coefficient (Wildman–Crippen LogP) is 1.28. The SMILES string of the molecule is Cn1c(NCc2coc(-c3cccs3)n2)c(C#N)c(=O)n(C)c1=O. The molecule has 24 heavy (non-hydrogen) atoms. The number of anilines is 1. The van der Waals surface area contributed by atoms with Gasteiger partial charge in [-0.05, 0) is 11.4 Å². The molecule has 0 spiro atoms. The van der Waals surface area contributed by atoms with E-state index in [1.807, 2.05) is 23.6 Å². The van der Waals surface area contributed by atoms with Crippen molar-refractivity contribution in [3.8, 4) is 16.8 Å². The summed E-state index contributed by atoms with van der Waals surface area (Å²) in [6, 6.07) is 5.63. The number of hydrogen-bond donors (Lipinski definition) is 1. The van der Waals surface area contributed by atoms with E-state index in [0.29, 0.717) is 11.6 Å². The van der Waals surface area contributed by atoms with E-state index in [1.54, 1.807) is 0 Å². The quantitative estimate of drug-likeness (QED) is 0.765. The van der Waals surface area contributed by atoms with Crippen molar-refractivity contribution >= 4 is 17.2 Å². The van der Waals surface area contributed by atoms with Crippen molar-refractivity contribution in [2.45, 2.75) is 6.54 Å². The molecule has 0 aliphatic carbocycles. The standard InChI is InChI=1S/C15H13N5O3S/c1-19-12(10(6-16)14(21)20(2)15(19)22)17-7-9-8-23-13(18-9)11-4-3-5-24-11/h3-5,8,17H,7H2,1-2H3. The highest BCUT2D eigenvalue weighted by Gasteiger charge is 2.16. The average molecular weight is 343 g/mol. The van der Waals surface area contributed by atoms with Gasteiger partial charge in [-0.1, -0.05) is 6.07 Å². The number of hydrogen-bond acceptors (Lipinski definition) is 7. The van der Waals surface area contributed by atoms with Crippen LogP contribution >= 0.6 is 11.3 Å². The minimum Gasteiger partial charge on any atom is -0.443 e. The first-order chi connectivity index (χ1) is 11.5. The fourth-order valence-electron chi connectivity index (χ4n) is 2.23. The lowest BCUT2D eigenvalue weighted by Gasteiger charge is -2.12. The number of thiophene rings is 1. The lowest BCUT2D eigenvalue weighted by atomic mass is 10.3. The smallest absolute Gasteiger partial charge is 0.332 e. The monoisotopic (exact) mass is 343 g/mol. The van der Waals surface area contributed by atoms with Crippen LogP contribution in [0.5, 0.6) is 0 Å². The zero-order chi connectivity index (χ0) is 17.3. The van der Waals surface area contributed by atoms with Crippen LogP contribution in [0.2, 0.25) is 0 Å². The zero-order valence-electron chi connectivity index (χ0n) is 12.9. The molecule has 8 nitrogen and oxygen atoms in total. The molecular weight excluding hydrogens is 330 g/mol. The van der Waals surface area contributed by atoms with Crippen LogP contribution in [0.3, 0.4) is 0 Å². The molecule has 1 N–H and O–H groups in total. The maximum Gasteiger partial charge on any atom is 0.332 e. The van der Waals surface area contributed by atoms with Gasteiger partial charge in [-0.25, -0.2) is 9.78 Å². The average Bonchev–Trinajstić information content (AvgIpc) is 3.25. The Hall–Kier alpha value is -3.12. The van der Waals surface area contributed by atoms with Gasteiger partial charge in [0.25, 0.3) is 5.56 Å². The molecule has 0 saturated heterocycles. The molecular formula is C15H13N5O3S. The van der Waals surface area contributed by atoms with E-state index in [4.69, 9.17) is 4.42 Å². The molecule has 0 saturated carbocycles. The van der Waals surface area contributed by atoms with Gasteiger partial charge >= 0.3 is 5.69 Å². The molecule has 0 fully saturated rings. The van der Waals surface area contributed by atoms with Crippen molar-refractivity contribution in [1.82, 2.24) is 14.1 Å². The molecule has 3 aromatic rings. The summed E-state index contributed by atoms with van der Waals surface area (Å²) < 4.78 is 7.53. The number of rotatable bonds is 4. The molecule has 0 aromatic carbocycles. The van der Waals surface area contributed by atoms with E-state index in [0.717, 1.165) is 9.44 Å². The lowest BCUT2D eigenvalue weighted by Crippen LogP contribution is -2.39. The summed E-state index contributed by atoms with van der Waals surface area (Å²) in [6.45, 7) is 0.212. The van der Waals surface area contributed by atoms with E-state index >= 15 is 0 Å².